The normalized spacial score (nSPS) is 20.8. The molecule has 1 unspecified atom stereocenters. The molecular formula is C11H16N4S. The van der Waals surface area contributed by atoms with E-state index in [0.29, 0.717) is 11.7 Å². The lowest BCUT2D eigenvalue weighted by molar-refractivity contribution is 0.698. The minimum Gasteiger partial charge on any atom is -0.382 e. The lowest BCUT2D eigenvalue weighted by Gasteiger charge is -2.34. The Balaban J connectivity index is 2.17. The van der Waals surface area contributed by atoms with Gasteiger partial charge in [0, 0.05) is 24.1 Å². The van der Waals surface area contributed by atoms with Crippen LogP contribution in [-0.4, -0.2) is 34.9 Å². The number of aromatic nitrogens is 1. The highest BCUT2D eigenvalue weighted by atomic mass is 32.2. The second kappa shape index (κ2) is 4.74. The Morgan fingerprint density at radius 3 is 3.00 bits per heavy atom. The van der Waals surface area contributed by atoms with Crippen molar-refractivity contribution in [2.75, 3.05) is 23.0 Å². The standard InChI is InChI=1S/C11H16N4S/c1-8-7-16-5-4-15(8)9-2-3-10(11(12)13)14-6-9/h2-3,6,8H,4-5,7H2,1H3,(H3,12,13). The summed E-state index contributed by atoms with van der Waals surface area (Å²) in [4.78, 5) is 6.54. The highest BCUT2D eigenvalue weighted by Gasteiger charge is 2.18. The maximum Gasteiger partial charge on any atom is 0.141 e. The number of nitrogen functional groups attached to an aromatic ring is 1. The maximum atomic E-state index is 7.29. The van der Waals surface area contributed by atoms with Crippen LogP contribution in [0.15, 0.2) is 18.3 Å². The number of hydrogen-bond donors (Lipinski definition) is 2. The Morgan fingerprint density at radius 1 is 1.62 bits per heavy atom. The molecule has 1 saturated heterocycles. The van der Waals surface area contributed by atoms with Crippen LogP contribution in [0.3, 0.4) is 0 Å². The van der Waals surface area contributed by atoms with E-state index in [-0.39, 0.29) is 5.84 Å². The number of nitrogens with two attached hydrogens (primary N) is 1. The number of hydrogen-bond acceptors (Lipinski definition) is 4. The predicted molar refractivity (Wildman–Crippen MR) is 69.4 cm³/mol. The molecule has 2 heterocycles. The molecule has 1 aromatic rings. The Morgan fingerprint density at radius 2 is 2.44 bits per heavy atom. The average molecular weight is 236 g/mol. The summed E-state index contributed by atoms with van der Waals surface area (Å²) in [7, 11) is 0. The number of nitrogens with one attached hydrogen (secondary N) is 1. The molecule has 2 rings (SSSR count). The van der Waals surface area contributed by atoms with Gasteiger partial charge in [0.15, 0.2) is 0 Å². The first-order chi connectivity index (χ1) is 7.68. The molecule has 3 N–H and O–H groups in total. The Hall–Kier alpha value is -1.23. The fraction of sp³-hybridized carbons (Fsp3) is 0.455. The summed E-state index contributed by atoms with van der Waals surface area (Å²) >= 11 is 1.99. The average Bonchev–Trinajstić information content (AvgIpc) is 2.30. The van der Waals surface area contributed by atoms with Gasteiger partial charge in [-0.2, -0.15) is 11.8 Å². The van der Waals surface area contributed by atoms with Crippen molar-refractivity contribution in [2.45, 2.75) is 13.0 Å². The van der Waals surface area contributed by atoms with Gasteiger partial charge in [0.2, 0.25) is 0 Å². The monoisotopic (exact) mass is 236 g/mol. The van der Waals surface area contributed by atoms with Gasteiger partial charge in [0.25, 0.3) is 0 Å². The molecule has 0 spiro atoms. The minimum absolute atomic E-state index is 0.0220. The number of pyridine rings is 1. The SMILES string of the molecule is CC1CSCCN1c1ccc(C(=N)N)nc1. The number of rotatable bonds is 2. The van der Waals surface area contributed by atoms with Gasteiger partial charge in [-0.15, -0.1) is 0 Å². The van der Waals surface area contributed by atoms with Gasteiger partial charge in [0.05, 0.1) is 11.9 Å². The molecule has 0 amide bonds. The highest BCUT2D eigenvalue weighted by molar-refractivity contribution is 7.99. The Labute approximate surface area is 99.7 Å². The van der Waals surface area contributed by atoms with Crippen LogP contribution in [0.25, 0.3) is 0 Å². The molecule has 16 heavy (non-hydrogen) atoms. The quantitative estimate of drug-likeness (QED) is 0.600. The van der Waals surface area contributed by atoms with Crippen LogP contribution in [0.5, 0.6) is 0 Å². The van der Waals surface area contributed by atoms with Gasteiger partial charge in [-0.05, 0) is 19.1 Å². The van der Waals surface area contributed by atoms with Crippen molar-refractivity contribution in [1.82, 2.24) is 4.98 Å². The molecule has 1 aromatic heterocycles. The van der Waals surface area contributed by atoms with E-state index in [2.05, 4.69) is 16.8 Å². The summed E-state index contributed by atoms with van der Waals surface area (Å²) < 4.78 is 0. The third-order valence-electron chi connectivity index (χ3n) is 2.72. The maximum absolute atomic E-state index is 7.29. The molecule has 0 saturated carbocycles. The van der Waals surface area contributed by atoms with Gasteiger partial charge in [-0.1, -0.05) is 0 Å². The van der Waals surface area contributed by atoms with Gasteiger partial charge in [0.1, 0.15) is 11.5 Å². The first-order valence-corrected chi connectivity index (χ1v) is 6.49. The van der Waals surface area contributed by atoms with Crippen LogP contribution in [-0.2, 0) is 0 Å². The van der Waals surface area contributed by atoms with E-state index < -0.39 is 0 Å². The largest absolute Gasteiger partial charge is 0.382 e. The van der Waals surface area contributed by atoms with Crippen molar-refractivity contribution >= 4 is 23.3 Å². The summed E-state index contributed by atoms with van der Waals surface area (Å²) in [5.74, 6) is 2.35. The Kier molecular flexibility index (Phi) is 3.33. The van der Waals surface area contributed by atoms with E-state index in [1.54, 1.807) is 0 Å². The molecule has 1 atom stereocenters. The van der Waals surface area contributed by atoms with E-state index in [0.717, 1.165) is 18.0 Å². The second-order valence-electron chi connectivity index (χ2n) is 3.93. The zero-order valence-electron chi connectivity index (χ0n) is 9.31. The molecule has 5 heteroatoms. The first-order valence-electron chi connectivity index (χ1n) is 5.33. The number of anilines is 1. The van der Waals surface area contributed by atoms with E-state index in [4.69, 9.17) is 11.1 Å². The molecule has 1 aliphatic heterocycles. The van der Waals surface area contributed by atoms with Crippen molar-refractivity contribution in [3.63, 3.8) is 0 Å². The number of amidine groups is 1. The van der Waals surface area contributed by atoms with E-state index in [1.807, 2.05) is 30.1 Å². The summed E-state index contributed by atoms with van der Waals surface area (Å²) in [6.07, 6.45) is 1.81. The highest BCUT2D eigenvalue weighted by Crippen LogP contribution is 2.23. The molecule has 0 aliphatic carbocycles. The fourth-order valence-electron chi connectivity index (χ4n) is 1.83. The van der Waals surface area contributed by atoms with Gasteiger partial charge >= 0.3 is 0 Å². The van der Waals surface area contributed by atoms with Crippen LogP contribution >= 0.6 is 11.8 Å². The summed E-state index contributed by atoms with van der Waals surface area (Å²) in [6, 6.07) is 4.35. The van der Waals surface area contributed by atoms with E-state index in [9.17, 15) is 0 Å². The van der Waals surface area contributed by atoms with Crippen LogP contribution in [0.2, 0.25) is 0 Å². The minimum atomic E-state index is 0.0220. The molecule has 4 nitrogen and oxygen atoms in total. The van der Waals surface area contributed by atoms with Crippen LogP contribution in [0, 0.1) is 5.41 Å². The van der Waals surface area contributed by atoms with Gasteiger partial charge in [-0.25, -0.2) is 0 Å². The molecule has 1 aliphatic rings. The predicted octanol–water partition coefficient (Wildman–Crippen LogP) is 1.31. The molecule has 0 bridgehead atoms. The topological polar surface area (TPSA) is 66.0 Å². The zero-order valence-corrected chi connectivity index (χ0v) is 10.1. The molecule has 1 fully saturated rings. The van der Waals surface area contributed by atoms with Gasteiger partial charge < -0.3 is 10.6 Å². The first kappa shape index (κ1) is 11.3. The van der Waals surface area contributed by atoms with Gasteiger partial charge in [-0.3, -0.25) is 10.4 Å². The third-order valence-corrected chi connectivity index (χ3v) is 3.91. The lowest BCUT2D eigenvalue weighted by Crippen LogP contribution is -2.40. The molecule has 0 aromatic carbocycles. The smallest absolute Gasteiger partial charge is 0.141 e. The summed E-state index contributed by atoms with van der Waals surface area (Å²) in [6.45, 7) is 3.29. The van der Waals surface area contributed by atoms with Crippen LogP contribution < -0.4 is 10.6 Å². The number of nitrogens with zero attached hydrogens (tertiary/aromatic N) is 2. The van der Waals surface area contributed by atoms with E-state index >= 15 is 0 Å². The van der Waals surface area contributed by atoms with Crippen LogP contribution in [0.4, 0.5) is 5.69 Å². The molecule has 0 radical (unpaired) electrons. The van der Waals surface area contributed by atoms with Crippen molar-refractivity contribution in [2.24, 2.45) is 5.73 Å². The molecular weight excluding hydrogens is 220 g/mol. The lowest BCUT2D eigenvalue weighted by atomic mass is 10.2. The van der Waals surface area contributed by atoms with Crippen molar-refractivity contribution in [3.8, 4) is 0 Å². The van der Waals surface area contributed by atoms with Crippen molar-refractivity contribution in [3.05, 3.63) is 24.0 Å². The van der Waals surface area contributed by atoms with Crippen LogP contribution in [0.1, 0.15) is 12.6 Å². The summed E-state index contributed by atoms with van der Waals surface area (Å²) in [5.41, 5.74) is 7.04. The zero-order chi connectivity index (χ0) is 11.5. The van der Waals surface area contributed by atoms with Crippen molar-refractivity contribution < 1.29 is 0 Å². The number of thioether (sulfide) groups is 1. The third kappa shape index (κ3) is 2.29. The summed E-state index contributed by atoms with van der Waals surface area (Å²) in [5, 5.41) is 7.29. The fourth-order valence-corrected chi connectivity index (χ4v) is 2.84. The van der Waals surface area contributed by atoms with E-state index in [1.165, 1.54) is 5.75 Å². The Bertz CT molecular complexity index is 376. The second-order valence-corrected chi connectivity index (χ2v) is 5.08. The molecule has 86 valence electrons. The van der Waals surface area contributed by atoms with Crippen molar-refractivity contribution in [1.29, 1.82) is 5.41 Å².